The summed E-state index contributed by atoms with van der Waals surface area (Å²) in [5, 5.41) is 16.7. The van der Waals surface area contributed by atoms with Gasteiger partial charge in [0.2, 0.25) is 11.8 Å². The summed E-state index contributed by atoms with van der Waals surface area (Å²) in [4.78, 5) is 36.5. The van der Waals surface area contributed by atoms with Gasteiger partial charge in [0.15, 0.2) is 6.04 Å². The minimum atomic E-state index is -1.16. The van der Waals surface area contributed by atoms with Gasteiger partial charge in [-0.2, -0.15) is 0 Å². The van der Waals surface area contributed by atoms with Gasteiger partial charge < -0.3 is 20.5 Å². The molecule has 2 aromatic rings. The molecule has 2 atom stereocenters. The van der Waals surface area contributed by atoms with Crippen molar-refractivity contribution in [1.29, 1.82) is 0 Å². The number of nitrogens with one attached hydrogen (secondary N) is 2. The van der Waals surface area contributed by atoms with Gasteiger partial charge in [0.1, 0.15) is 5.75 Å². The lowest BCUT2D eigenvalue weighted by atomic mass is 10.0. The Morgan fingerprint density at radius 3 is 2.74 bits per heavy atom. The van der Waals surface area contributed by atoms with E-state index in [-0.39, 0.29) is 12.3 Å². The summed E-state index contributed by atoms with van der Waals surface area (Å²) >= 11 is 1.43. The van der Waals surface area contributed by atoms with Gasteiger partial charge in [-0.3, -0.25) is 9.59 Å². The summed E-state index contributed by atoms with van der Waals surface area (Å²) < 4.78 is 5.43. The van der Waals surface area contributed by atoms with Gasteiger partial charge in [-0.1, -0.05) is 12.1 Å². The topological polar surface area (TPSA) is 105 Å². The van der Waals surface area contributed by atoms with Crippen molar-refractivity contribution in [3.8, 4) is 5.75 Å². The highest BCUT2D eigenvalue weighted by atomic mass is 32.1. The van der Waals surface area contributed by atoms with Gasteiger partial charge in [-0.15, -0.1) is 11.3 Å². The maximum atomic E-state index is 12.5. The monoisotopic (exact) mass is 388 g/mol. The van der Waals surface area contributed by atoms with E-state index in [1.54, 1.807) is 18.2 Å². The molecule has 1 aromatic heterocycles. The quantitative estimate of drug-likeness (QED) is 0.674. The minimum Gasteiger partial charge on any atom is -0.493 e. The molecule has 2 unspecified atom stereocenters. The van der Waals surface area contributed by atoms with Crippen molar-refractivity contribution in [2.24, 2.45) is 0 Å². The minimum absolute atomic E-state index is 0.0437. The number of benzene rings is 1. The Labute approximate surface area is 160 Å². The van der Waals surface area contributed by atoms with Crippen molar-refractivity contribution in [1.82, 2.24) is 10.6 Å². The van der Waals surface area contributed by atoms with E-state index in [0.29, 0.717) is 18.6 Å². The van der Waals surface area contributed by atoms with Crippen LogP contribution in [0.1, 0.15) is 41.4 Å². The van der Waals surface area contributed by atoms with Gasteiger partial charge in [0.25, 0.3) is 0 Å². The van der Waals surface area contributed by atoms with E-state index in [0.717, 1.165) is 16.2 Å². The van der Waals surface area contributed by atoms with Gasteiger partial charge >= 0.3 is 5.97 Å². The molecule has 0 fully saturated rings. The van der Waals surface area contributed by atoms with Crippen LogP contribution < -0.4 is 15.4 Å². The van der Waals surface area contributed by atoms with Crippen molar-refractivity contribution >= 4 is 29.1 Å². The second-order valence-corrected chi connectivity index (χ2v) is 7.26. The largest absolute Gasteiger partial charge is 0.493 e. The third-order valence-corrected chi connectivity index (χ3v) is 5.24. The number of ether oxygens (including phenoxy) is 1. The Hall–Kier alpha value is -2.87. The standard InChI is InChI=1S/C19H20N2O5S/c1-11(22)20-14(16-3-2-8-27-16)10-17(23)21-18(19(24)25)13-4-5-15-12(9-13)6-7-26-15/h2-5,8-9,14,18H,6-7,10H2,1H3,(H,20,22)(H,21,23)(H,24,25). The molecule has 8 heteroatoms. The first-order valence-electron chi connectivity index (χ1n) is 8.52. The van der Waals surface area contributed by atoms with Crippen LogP contribution in [0.5, 0.6) is 5.75 Å². The molecule has 27 heavy (non-hydrogen) atoms. The van der Waals surface area contributed by atoms with Crippen LogP contribution >= 0.6 is 11.3 Å². The first kappa shape index (κ1) is 18.9. The Balaban J connectivity index is 1.73. The molecule has 0 radical (unpaired) electrons. The lowest BCUT2D eigenvalue weighted by Crippen LogP contribution is -2.37. The maximum absolute atomic E-state index is 12.5. The second-order valence-electron chi connectivity index (χ2n) is 6.28. The van der Waals surface area contributed by atoms with Crippen molar-refractivity contribution < 1.29 is 24.2 Å². The molecule has 142 valence electrons. The Bertz CT molecular complexity index is 850. The number of rotatable bonds is 7. The van der Waals surface area contributed by atoms with Crippen LogP contribution in [0.25, 0.3) is 0 Å². The number of aliphatic carboxylic acids is 1. The average molecular weight is 388 g/mol. The molecule has 7 nitrogen and oxygen atoms in total. The third-order valence-electron chi connectivity index (χ3n) is 4.25. The second kappa shape index (κ2) is 8.22. The van der Waals surface area contributed by atoms with Crippen LogP contribution in [0.2, 0.25) is 0 Å². The van der Waals surface area contributed by atoms with E-state index >= 15 is 0 Å². The highest BCUT2D eigenvalue weighted by Crippen LogP contribution is 2.29. The summed E-state index contributed by atoms with van der Waals surface area (Å²) in [5.74, 6) is -1.10. The first-order valence-corrected chi connectivity index (χ1v) is 9.40. The number of carboxylic acid groups (broad SMARTS) is 1. The fourth-order valence-electron chi connectivity index (χ4n) is 3.04. The van der Waals surface area contributed by atoms with E-state index in [1.165, 1.54) is 18.3 Å². The molecule has 1 aliphatic heterocycles. The fourth-order valence-corrected chi connectivity index (χ4v) is 3.81. The van der Waals surface area contributed by atoms with Crippen molar-refractivity contribution in [3.63, 3.8) is 0 Å². The SMILES string of the molecule is CC(=O)NC(CC(=O)NC(C(=O)O)c1ccc2c(c1)CCO2)c1cccs1. The lowest BCUT2D eigenvalue weighted by Gasteiger charge is -2.19. The highest BCUT2D eigenvalue weighted by Gasteiger charge is 2.26. The summed E-state index contributed by atoms with van der Waals surface area (Å²) in [6.45, 7) is 1.95. The van der Waals surface area contributed by atoms with Crippen LogP contribution in [-0.4, -0.2) is 29.5 Å². The number of hydrogen-bond acceptors (Lipinski definition) is 5. The van der Waals surface area contributed by atoms with E-state index in [9.17, 15) is 19.5 Å². The van der Waals surface area contributed by atoms with Crippen molar-refractivity contribution in [2.75, 3.05) is 6.61 Å². The summed E-state index contributed by atoms with van der Waals surface area (Å²) in [5.41, 5.74) is 1.43. The van der Waals surface area contributed by atoms with Crippen molar-refractivity contribution in [3.05, 3.63) is 51.7 Å². The summed E-state index contributed by atoms with van der Waals surface area (Å²) in [6.07, 6.45) is 0.671. The van der Waals surface area contributed by atoms with Crippen LogP contribution in [0.3, 0.4) is 0 Å². The fraction of sp³-hybridized carbons (Fsp3) is 0.316. The zero-order valence-electron chi connectivity index (χ0n) is 14.7. The van der Waals surface area contributed by atoms with E-state index in [4.69, 9.17) is 4.74 Å². The predicted molar refractivity (Wildman–Crippen MR) is 99.7 cm³/mol. The normalized spacial score (nSPS) is 14.6. The number of fused-ring (bicyclic) bond motifs is 1. The van der Waals surface area contributed by atoms with E-state index < -0.39 is 24.0 Å². The molecule has 0 bridgehead atoms. The first-order chi connectivity index (χ1) is 12.9. The average Bonchev–Trinajstić information content (AvgIpc) is 3.29. The molecule has 1 aromatic carbocycles. The van der Waals surface area contributed by atoms with Gasteiger partial charge in [-0.25, -0.2) is 4.79 Å². The zero-order chi connectivity index (χ0) is 19.4. The number of carbonyl (C=O) groups excluding carboxylic acids is 2. The molecule has 0 spiro atoms. The molecule has 2 amide bonds. The van der Waals surface area contributed by atoms with Crippen molar-refractivity contribution in [2.45, 2.75) is 31.8 Å². The number of carboxylic acids is 1. The molecule has 0 aliphatic carbocycles. The zero-order valence-corrected chi connectivity index (χ0v) is 15.5. The molecule has 1 aliphatic rings. The summed E-state index contributed by atoms with van der Waals surface area (Å²) in [7, 11) is 0. The van der Waals surface area contributed by atoms with Crippen LogP contribution in [0.4, 0.5) is 0 Å². The van der Waals surface area contributed by atoms with Crippen LogP contribution in [-0.2, 0) is 20.8 Å². The molecular weight excluding hydrogens is 368 g/mol. The third kappa shape index (κ3) is 4.65. The van der Waals surface area contributed by atoms with Gasteiger partial charge in [-0.05, 0) is 34.7 Å². The molecule has 3 rings (SSSR count). The molecule has 2 heterocycles. The number of thiophene rings is 1. The van der Waals surface area contributed by atoms with Gasteiger partial charge in [0.05, 0.1) is 19.1 Å². The van der Waals surface area contributed by atoms with Gasteiger partial charge in [0, 0.05) is 18.2 Å². The van der Waals surface area contributed by atoms with E-state index in [2.05, 4.69) is 10.6 Å². The molecular formula is C19H20N2O5S. The summed E-state index contributed by atoms with van der Waals surface area (Å²) in [6, 6.07) is 7.13. The van der Waals surface area contributed by atoms with E-state index in [1.807, 2.05) is 17.5 Å². The number of amides is 2. The molecule has 0 saturated carbocycles. The Morgan fingerprint density at radius 2 is 2.07 bits per heavy atom. The number of carbonyl (C=O) groups is 3. The van der Waals surface area contributed by atoms with Crippen LogP contribution in [0, 0.1) is 0 Å². The smallest absolute Gasteiger partial charge is 0.330 e. The Kier molecular flexibility index (Phi) is 5.75. The molecule has 3 N–H and O–H groups in total. The highest BCUT2D eigenvalue weighted by molar-refractivity contribution is 7.10. The van der Waals surface area contributed by atoms with Crippen LogP contribution in [0.15, 0.2) is 35.7 Å². The molecule has 0 saturated heterocycles. The number of hydrogen-bond donors (Lipinski definition) is 3. The predicted octanol–water partition coefficient (Wildman–Crippen LogP) is 2.19. The maximum Gasteiger partial charge on any atom is 0.330 e. The lowest BCUT2D eigenvalue weighted by molar-refractivity contribution is -0.142. The Morgan fingerprint density at radius 1 is 1.26 bits per heavy atom.